The number of carbonyl (C=O) groups excluding carboxylic acids is 2. The van der Waals surface area contributed by atoms with Gasteiger partial charge in [-0.2, -0.15) is 0 Å². The summed E-state index contributed by atoms with van der Waals surface area (Å²) in [4.78, 5) is 26.2. The molecular weight excluding hydrogens is 252 g/mol. The molecule has 1 amide bonds. The highest BCUT2D eigenvalue weighted by Gasteiger charge is 2.16. The Labute approximate surface area is 123 Å². The summed E-state index contributed by atoms with van der Waals surface area (Å²) in [6.07, 6.45) is 7.20. The Hall–Kier alpha value is -0.900. The molecule has 2 heterocycles. The van der Waals surface area contributed by atoms with Crippen LogP contribution >= 0.6 is 0 Å². The van der Waals surface area contributed by atoms with Gasteiger partial charge in [0.05, 0.1) is 6.54 Å². The fourth-order valence-corrected chi connectivity index (χ4v) is 2.78. The van der Waals surface area contributed by atoms with Crippen molar-refractivity contribution in [1.82, 2.24) is 9.80 Å². The number of amides is 1. The zero-order valence-electron chi connectivity index (χ0n) is 13.2. The van der Waals surface area contributed by atoms with Gasteiger partial charge in [-0.1, -0.05) is 13.8 Å². The van der Waals surface area contributed by atoms with Crippen LogP contribution in [0.5, 0.6) is 0 Å². The molecule has 116 valence electrons. The average molecular weight is 282 g/mol. The zero-order chi connectivity index (χ0) is 14.8. The molecule has 0 spiro atoms. The van der Waals surface area contributed by atoms with Gasteiger partial charge >= 0.3 is 0 Å². The molecule has 0 aromatic carbocycles. The van der Waals surface area contributed by atoms with E-state index in [1.165, 1.54) is 6.42 Å². The Morgan fingerprint density at radius 1 is 0.900 bits per heavy atom. The van der Waals surface area contributed by atoms with Crippen molar-refractivity contribution in [2.75, 3.05) is 32.7 Å². The van der Waals surface area contributed by atoms with Crippen molar-refractivity contribution in [2.45, 2.75) is 58.8 Å². The topological polar surface area (TPSA) is 40.6 Å². The van der Waals surface area contributed by atoms with E-state index in [-0.39, 0.29) is 0 Å². The van der Waals surface area contributed by atoms with Crippen LogP contribution < -0.4 is 0 Å². The van der Waals surface area contributed by atoms with Crippen LogP contribution in [0.2, 0.25) is 0 Å². The maximum atomic E-state index is 11.1. The maximum absolute atomic E-state index is 11.1. The molecule has 2 saturated heterocycles. The Morgan fingerprint density at radius 3 is 2.25 bits per heavy atom. The van der Waals surface area contributed by atoms with Gasteiger partial charge in [0.25, 0.3) is 0 Å². The number of hydrogen-bond donors (Lipinski definition) is 0. The number of likely N-dealkylation sites (tertiary alicyclic amines) is 2. The lowest BCUT2D eigenvalue weighted by molar-refractivity contribution is -0.133. The third-order valence-corrected chi connectivity index (χ3v) is 3.78. The Kier molecular flexibility index (Phi) is 8.51. The molecule has 0 radical (unpaired) electrons. The molecule has 0 atom stereocenters. The van der Waals surface area contributed by atoms with Gasteiger partial charge in [-0.3, -0.25) is 14.5 Å². The maximum Gasteiger partial charge on any atom is 0.222 e. The predicted molar refractivity (Wildman–Crippen MR) is 81.7 cm³/mol. The second kappa shape index (κ2) is 9.92. The first-order valence-electron chi connectivity index (χ1n) is 8.19. The van der Waals surface area contributed by atoms with Crippen molar-refractivity contribution in [1.29, 1.82) is 0 Å². The van der Waals surface area contributed by atoms with Gasteiger partial charge in [-0.15, -0.1) is 0 Å². The minimum atomic E-state index is 0.355. The lowest BCUT2D eigenvalue weighted by Crippen LogP contribution is -2.35. The van der Waals surface area contributed by atoms with Crippen molar-refractivity contribution in [3.05, 3.63) is 0 Å². The molecular formula is C16H30N2O2. The highest BCUT2D eigenvalue weighted by atomic mass is 16.2. The lowest BCUT2D eigenvalue weighted by Gasteiger charge is -2.25. The summed E-state index contributed by atoms with van der Waals surface area (Å²) in [7, 11) is 0. The Bertz CT molecular complexity index is 301. The van der Waals surface area contributed by atoms with E-state index in [9.17, 15) is 9.59 Å². The van der Waals surface area contributed by atoms with Crippen molar-refractivity contribution in [2.24, 2.45) is 0 Å². The van der Waals surface area contributed by atoms with E-state index in [4.69, 9.17) is 0 Å². The molecule has 0 bridgehead atoms. The Morgan fingerprint density at radius 2 is 1.65 bits per heavy atom. The summed E-state index contributed by atoms with van der Waals surface area (Å²) in [6.45, 7) is 9.13. The quantitative estimate of drug-likeness (QED) is 0.795. The molecule has 0 aromatic rings. The van der Waals surface area contributed by atoms with Gasteiger partial charge < -0.3 is 4.90 Å². The number of nitrogens with zero attached hydrogens (tertiary/aromatic N) is 2. The van der Waals surface area contributed by atoms with Crippen molar-refractivity contribution in [3.8, 4) is 0 Å². The molecule has 0 saturated carbocycles. The standard InChI is InChI=1S/2C8H15NO/c1-2-6-9-7-4-3-5-8(9)10;1-2-5-9-6-3-4-8(10)7-9/h2*2-7H2,1H3. The number of carbonyl (C=O) groups is 2. The predicted octanol–water partition coefficient (Wildman–Crippen LogP) is 2.47. The molecule has 4 heteroatoms. The SMILES string of the molecule is CCCN1CCCC(=O)C1.CCCN1CCCCC1=O. The van der Waals surface area contributed by atoms with Gasteiger partial charge in [0.1, 0.15) is 5.78 Å². The summed E-state index contributed by atoms with van der Waals surface area (Å²) in [5.74, 6) is 0.771. The fraction of sp³-hybridized carbons (Fsp3) is 0.875. The molecule has 2 aliphatic heterocycles. The van der Waals surface area contributed by atoms with Crippen LogP contribution in [-0.4, -0.2) is 54.2 Å². The highest BCUT2D eigenvalue weighted by molar-refractivity contribution is 5.81. The lowest BCUT2D eigenvalue weighted by atomic mass is 10.1. The van der Waals surface area contributed by atoms with E-state index in [0.717, 1.165) is 64.7 Å². The third kappa shape index (κ3) is 6.51. The van der Waals surface area contributed by atoms with E-state index in [1.807, 2.05) is 4.90 Å². The number of rotatable bonds is 4. The molecule has 0 N–H and O–H groups in total. The molecule has 2 fully saturated rings. The van der Waals surface area contributed by atoms with Crippen LogP contribution in [-0.2, 0) is 9.59 Å². The minimum absolute atomic E-state index is 0.355. The summed E-state index contributed by atoms with van der Waals surface area (Å²) in [5.41, 5.74) is 0. The summed E-state index contributed by atoms with van der Waals surface area (Å²) >= 11 is 0. The van der Waals surface area contributed by atoms with Crippen molar-refractivity contribution in [3.63, 3.8) is 0 Å². The average Bonchev–Trinajstić information content (AvgIpc) is 2.43. The van der Waals surface area contributed by atoms with E-state index >= 15 is 0 Å². The van der Waals surface area contributed by atoms with Gasteiger partial charge in [-0.05, 0) is 45.2 Å². The molecule has 0 aliphatic carbocycles. The van der Waals surface area contributed by atoms with Gasteiger partial charge in [0.15, 0.2) is 0 Å². The number of piperidine rings is 2. The van der Waals surface area contributed by atoms with E-state index in [0.29, 0.717) is 18.2 Å². The van der Waals surface area contributed by atoms with Crippen LogP contribution in [0.15, 0.2) is 0 Å². The normalized spacial score (nSPS) is 20.6. The molecule has 2 aliphatic rings. The summed E-state index contributed by atoms with van der Waals surface area (Å²) < 4.78 is 0. The highest BCUT2D eigenvalue weighted by Crippen LogP contribution is 2.10. The first-order chi connectivity index (χ1) is 9.67. The van der Waals surface area contributed by atoms with Crippen molar-refractivity contribution >= 4 is 11.7 Å². The van der Waals surface area contributed by atoms with Crippen LogP contribution in [0, 0.1) is 0 Å². The fourth-order valence-electron chi connectivity index (χ4n) is 2.78. The number of ketones is 1. The summed E-state index contributed by atoms with van der Waals surface area (Å²) in [6, 6.07) is 0. The van der Waals surface area contributed by atoms with Crippen LogP contribution in [0.4, 0.5) is 0 Å². The van der Waals surface area contributed by atoms with E-state index < -0.39 is 0 Å². The van der Waals surface area contributed by atoms with Crippen LogP contribution in [0.25, 0.3) is 0 Å². The molecule has 0 unspecified atom stereocenters. The molecule has 4 nitrogen and oxygen atoms in total. The number of hydrogen-bond acceptors (Lipinski definition) is 3. The monoisotopic (exact) mass is 282 g/mol. The van der Waals surface area contributed by atoms with Gasteiger partial charge in [0.2, 0.25) is 5.91 Å². The van der Waals surface area contributed by atoms with Crippen molar-refractivity contribution < 1.29 is 9.59 Å². The van der Waals surface area contributed by atoms with E-state index in [1.54, 1.807) is 0 Å². The van der Waals surface area contributed by atoms with E-state index in [2.05, 4.69) is 18.7 Å². The molecule has 0 aromatic heterocycles. The minimum Gasteiger partial charge on any atom is -0.343 e. The second-order valence-corrected chi connectivity index (χ2v) is 5.76. The first-order valence-corrected chi connectivity index (χ1v) is 8.19. The largest absolute Gasteiger partial charge is 0.343 e. The van der Waals surface area contributed by atoms with Gasteiger partial charge in [-0.25, -0.2) is 0 Å². The molecule has 20 heavy (non-hydrogen) atoms. The van der Waals surface area contributed by atoms with Crippen LogP contribution in [0.3, 0.4) is 0 Å². The third-order valence-electron chi connectivity index (χ3n) is 3.78. The van der Waals surface area contributed by atoms with Gasteiger partial charge in [0, 0.05) is 25.9 Å². The van der Waals surface area contributed by atoms with Crippen LogP contribution in [0.1, 0.15) is 58.8 Å². The number of Topliss-reactive ketones (excluding diaryl/α,β-unsaturated/α-hetero) is 1. The zero-order valence-corrected chi connectivity index (χ0v) is 13.2. The summed E-state index contributed by atoms with van der Waals surface area (Å²) in [5, 5.41) is 0. The smallest absolute Gasteiger partial charge is 0.222 e. The second-order valence-electron chi connectivity index (χ2n) is 5.76. The first kappa shape index (κ1) is 17.2. The molecule has 2 rings (SSSR count). The Balaban J connectivity index is 0.000000200.